The van der Waals surface area contributed by atoms with Crippen LogP contribution in [0.15, 0.2) is 101 Å². The average molecular weight is 518 g/mol. The average Bonchev–Trinajstić information content (AvgIpc) is 3.06. The van der Waals surface area contributed by atoms with Crippen LogP contribution in [0.1, 0.15) is 28.0 Å². The normalized spacial score (nSPS) is 20.4. The smallest absolute Gasteiger partial charge is 0.134 e. The van der Waals surface area contributed by atoms with E-state index in [1.54, 1.807) is 18.9 Å². The number of thioether (sulfide) groups is 1. The Morgan fingerprint density at radius 1 is 0.829 bits per heavy atom. The van der Waals surface area contributed by atoms with Crippen LogP contribution in [0.4, 0.5) is 5.69 Å². The van der Waals surface area contributed by atoms with Crippen molar-refractivity contribution >= 4 is 46.4 Å². The number of halogens is 2. The summed E-state index contributed by atoms with van der Waals surface area (Å²) in [6.45, 7) is 0. The van der Waals surface area contributed by atoms with Crippen LogP contribution in [0, 0.1) is 5.92 Å². The van der Waals surface area contributed by atoms with Gasteiger partial charge >= 0.3 is 0 Å². The molecule has 4 aromatic rings. The van der Waals surface area contributed by atoms with Gasteiger partial charge in [0.15, 0.2) is 0 Å². The standard InChI is InChI=1S/C29H21Cl2NO2S/c1-33-21-12-13-23-25(16-21)35-29(18-7-9-19(30)10-8-18)26-27(32-23)22-15-20(31)11-14-24(22)34-28(26)17-5-3-2-4-6-17/h2-16,26,28-29H,1H3. The summed E-state index contributed by atoms with van der Waals surface area (Å²) < 4.78 is 12.3. The fourth-order valence-electron chi connectivity index (χ4n) is 4.77. The van der Waals surface area contributed by atoms with Gasteiger partial charge in [0.2, 0.25) is 0 Å². The Hall–Kier alpha value is -2.92. The summed E-state index contributed by atoms with van der Waals surface area (Å²) in [5.74, 6) is 1.51. The number of rotatable bonds is 3. The number of aliphatic imine (C=N–C) groups is 1. The SMILES string of the molecule is COc1ccc2c(c1)SC(c1ccc(Cl)cc1)C1C(=N2)c2cc(Cl)ccc2OC1c1ccccc1. The van der Waals surface area contributed by atoms with E-state index >= 15 is 0 Å². The monoisotopic (exact) mass is 517 g/mol. The van der Waals surface area contributed by atoms with Crippen LogP contribution in [0.2, 0.25) is 10.0 Å². The summed E-state index contributed by atoms with van der Waals surface area (Å²) >= 11 is 14.5. The van der Waals surface area contributed by atoms with Crippen LogP contribution in [-0.2, 0) is 0 Å². The van der Waals surface area contributed by atoms with Crippen molar-refractivity contribution in [3.8, 4) is 11.5 Å². The van der Waals surface area contributed by atoms with E-state index in [0.717, 1.165) is 44.5 Å². The summed E-state index contributed by atoms with van der Waals surface area (Å²) in [4.78, 5) is 6.32. The maximum Gasteiger partial charge on any atom is 0.134 e. The van der Waals surface area contributed by atoms with E-state index in [0.29, 0.717) is 10.0 Å². The molecule has 2 aliphatic heterocycles. The largest absolute Gasteiger partial charge is 0.497 e. The van der Waals surface area contributed by atoms with Crippen LogP contribution in [0.5, 0.6) is 11.5 Å². The van der Waals surface area contributed by atoms with Crippen LogP contribution in [0.25, 0.3) is 0 Å². The second-order valence-electron chi connectivity index (χ2n) is 8.54. The fraction of sp³-hybridized carbons (Fsp3) is 0.138. The van der Waals surface area contributed by atoms with Gasteiger partial charge in [0.25, 0.3) is 0 Å². The van der Waals surface area contributed by atoms with Gasteiger partial charge in [0.05, 0.1) is 24.4 Å². The van der Waals surface area contributed by atoms with Crippen molar-refractivity contribution in [3.63, 3.8) is 0 Å². The summed E-state index contributed by atoms with van der Waals surface area (Å²) in [6, 6.07) is 30.2. The van der Waals surface area contributed by atoms with E-state index in [1.807, 2.05) is 60.7 Å². The Labute approximate surface area is 218 Å². The Kier molecular flexibility index (Phi) is 5.97. The van der Waals surface area contributed by atoms with Crippen molar-refractivity contribution in [2.75, 3.05) is 7.11 Å². The first kappa shape index (κ1) is 22.5. The molecule has 0 fully saturated rings. The number of methoxy groups -OCH3 is 1. The fourth-order valence-corrected chi connectivity index (χ4v) is 6.47. The number of ether oxygens (including phenoxy) is 2. The van der Waals surface area contributed by atoms with Crippen molar-refractivity contribution < 1.29 is 9.47 Å². The lowest BCUT2D eigenvalue weighted by atomic mass is 9.80. The van der Waals surface area contributed by atoms with E-state index in [-0.39, 0.29) is 17.3 Å². The summed E-state index contributed by atoms with van der Waals surface area (Å²) in [5.41, 5.74) is 5.07. The molecule has 0 saturated heterocycles. The van der Waals surface area contributed by atoms with Crippen molar-refractivity contribution in [1.82, 2.24) is 0 Å². The Morgan fingerprint density at radius 2 is 1.60 bits per heavy atom. The molecular weight excluding hydrogens is 497 g/mol. The quantitative estimate of drug-likeness (QED) is 0.272. The number of fused-ring (bicyclic) bond motifs is 4. The molecular formula is C29H21Cl2NO2S. The van der Waals surface area contributed by atoms with E-state index in [4.69, 9.17) is 37.7 Å². The van der Waals surface area contributed by atoms with Crippen LogP contribution in [0.3, 0.4) is 0 Å². The van der Waals surface area contributed by atoms with E-state index < -0.39 is 0 Å². The third-order valence-electron chi connectivity index (χ3n) is 6.43. The molecule has 2 aliphatic rings. The van der Waals surface area contributed by atoms with E-state index in [1.165, 1.54) is 0 Å². The lowest BCUT2D eigenvalue weighted by Gasteiger charge is -2.38. The predicted octanol–water partition coefficient (Wildman–Crippen LogP) is 8.72. The highest BCUT2D eigenvalue weighted by molar-refractivity contribution is 7.99. The minimum atomic E-state index is -0.229. The van der Waals surface area contributed by atoms with Crippen molar-refractivity contribution in [2.45, 2.75) is 16.2 Å². The van der Waals surface area contributed by atoms with Gasteiger partial charge in [-0.2, -0.15) is 0 Å². The maximum atomic E-state index is 6.71. The molecule has 6 rings (SSSR count). The molecule has 4 aromatic carbocycles. The lowest BCUT2D eigenvalue weighted by molar-refractivity contribution is 0.156. The van der Waals surface area contributed by atoms with Gasteiger partial charge in [-0.1, -0.05) is 65.7 Å². The molecule has 0 bridgehead atoms. The third kappa shape index (κ3) is 4.20. The lowest BCUT2D eigenvalue weighted by Crippen LogP contribution is -2.35. The number of hydrogen-bond donors (Lipinski definition) is 0. The zero-order chi connectivity index (χ0) is 23.9. The van der Waals surface area contributed by atoms with Crippen molar-refractivity contribution in [2.24, 2.45) is 10.9 Å². The molecule has 2 heterocycles. The summed E-state index contributed by atoms with van der Waals surface area (Å²) in [6.07, 6.45) is -0.229. The number of benzene rings is 4. The van der Waals surface area contributed by atoms with Crippen molar-refractivity contribution in [1.29, 1.82) is 0 Å². The highest BCUT2D eigenvalue weighted by atomic mass is 35.5. The van der Waals surface area contributed by atoms with E-state index in [2.05, 4.69) is 30.3 Å². The minimum absolute atomic E-state index is 0.0108. The van der Waals surface area contributed by atoms with Crippen LogP contribution >= 0.6 is 35.0 Å². The molecule has 0 aromatic heterocycles. The molecule has 6 heteroatoms. The first-order valence-electron chi connectivity index (χ1n) is 11.3. The second kappa shape index (κ2) is 9.27. The molecule has 3 atom stereocenters. The maximum absolute atomic E-state index is 6.71. The van der Waals surface area contributed by atoms with Gasteiger partial charge < -0.3 is 9.47 Å². The molecule has 174 valence electrons. The molecule has 3 nitrogen and oxygen atoms in total. The van der Waals surface area contributed by atoms with Crippen molar-refractivity contribution in [3.05, 3.63) is 118 Å². The molecule has 0 amide bonds. The van der Waals surface area contributed by atoms with Crippen LogP contribution in [-0.4, -0.2) is 12.8 Å². The Bertz CT molecular complexity index is 1420. The third-order valence-corrected chi connectivity index (χ3v) is 8.32. The molecule has 0 spiro atoms. The number of hydrogen-bond acceptors (Lipinski definition) is 4. The topological polar surface area (TPSA) is 30.8 Å². The highest BCUT2D eigenvalue weighted by Crippen LogP contribution is 2.55. The van der Waals surface area contributed by atoms with Gasteiger partial charge in [0.1, 0.15) is 17.6 Å². The zero-order valence-electron chi connectivity index (χ0n) is 18.8. The van der Waals surface area contributed by atoms with Gasteiger partial charge in [-0.3, -0.25) is 4.99 Å². The Balaban J connectivity index is 1.62. The first-order chi connectivity index (χ1) is 17.1. The molecule has 3 unspecified atom stereocenters. The molecule has 35 heavy (non-hydrogen) atoms. The summed E-state index contributed by atoms with van der Waals surface area (Å²) in [5, 5.41) is 1.37. The van der Waals surface area contributed by atoms with Gasteiger partial charge in [-0.25, -0.2) is 0 Å². The van der Waals surface area contributed by atoms with E-state index in [9.17, 15) is 0 Å². The zero-order valence-corrected chi connectivity index (χ0v) is 21.1. The second-order valence-corrected chi connectivity index (χ2v) is 10.6. The van der Waals surface area contributed by atoms with Gasteiger partial charge in [0, 0.05) is 25.8 Å². The predicted molar refractivity (Wildman–Crippen MR) is 144 cm³/mol. The number of nitrogens with zero attached hydrogens (tertiary/aromatic N) is 1. The summed E-state index contributed by atoms with van der Waals surface area (Å²) in [7, 11) is 1.68. The first-order valence-corrected chi connectivity index (χ1v) is 12.9. The molecule has 0 radical (unpaired) electrons. The van der Waals surface area contributed by atoms with Gasteiger partial charge in [-0.15, -0.1) is 11.8 Å². The minimum Gasteiger partial charge on any atom is -0.497 e. The van der Waals surface area contributed by atoms with Gasteiger partial charge in [-0.05, 0) is 59.7 Å². The Morgan fingerprint density at radius 3 is 2.37 bits per heavy atom. The van der Waals surface area contributed by atoms with Crippen LogP contribution < -0.4 is 9.47 Å². The molecule has 0 N–H and O–H groups in total. The highest BCUT2D eigenvalue weighted by Gasteiger charge is 2.44. The molecule has 0 aliphatic carbocycles. The molecule has 0 saturated carbocycles.